The van der Waals surface area contributed by atoms with Gasteiger partial charge >= 0.3 is 0 Å². The van der Waals surface area contributed by atoms with Crippen LogP contribution >= 0.6 is 11.6 Å². The van der Waals surface area contributed by atoms with Gasteiger partial charge in [0.1, 0.15) is 12.5 Å². The molecule has 4 aliphatic heterocycles. The number of hydrogen-bond donors (Lipinski definition) is 2. The van der Waals surface area contributed by atoms with Crippen molar-refractivity contribution in [1.29, 1.82) is 0 Å². The Labute approximate surface area is 180 Å². The minimum absolute atomic E-state index is 0.230. The lowest BCUT2D eigenvalue weighted by molar-refractivity contribution is -0.132. The van der Waals surface area contributed by atoms with E-state index >= 15 is 0 Å². The maximum atomic E-state index is 11.2. The number of nitrogens with zero attached hydrogens (tertiary/aromatic N) is 3. The fraction of sp³-hybridized carbons (Fsp3) is 1.00. The van der Waals surface area contributed by atoms with Gasteiger partial charge in [-0.05, 0) is 63.8 Å². The summed E-state index contributed by atoms with van der Waals surface area (Å²) in [5.74, 6) is 1.54. The number of halogens is 1. The predicted molar refractivity (Wildman–Crippen MR) is 113 cm³/mol. The van der Waals surface area contributed by atoms with Crippen molar-refractivity contribution in [3.63, 3.8) is 0 Å². The third kappa shape index (κ3) is 4.23. The van der Waals surface area contributed by atoms with E-state index in [0.717, 1.165) is 64.7 Å². The van der Waals surface area contributed by atoms with Gasteiger partial charge in [-0.2, -0.15) is 0 Å². The SMILES string of the molecule is CN1CC(CN2C(CO)CCC3OC32)CC(N2CCC3CC(Cl)CCC3C2O)C1. The molecule has 6 nitrogen and oxygen atoms in total. The van der Waals surface area contributed by atoms with Gasteiger partial charge in [-0.1, -0.05) is 0 Å². The monoisotopic (exact) mass is 427 g/mol. The van der Waals surface area contributed by atoms with Crippen molar-refractivity contribution < 1.29 is 14.9 Å². The van der Waals surface area contributed by atoms with Gasteiger partial charge in [-0.3, -0.25) is 9.80 Å². The van der Waals surface area contributed by atoms with Crippen LogP contribution in [0.15, 0.2) is 0 Å². The fourth-order valence-corrected chi connectivity index (χ4v) is 7.30. The van der Waals surface area contributed by atoms with E-state index in [-0.39, 0.29) is 25.1 Å². The van der Waals surface area contributed by atoms with Crippen LogP contribution in [-0.2, 0) is 4.74 Å². The molecule has 0 spiro atoms. The molecule has 0 bridgehead atoms. The number of alkyl halides is 1. The predicted octanol–water partition coefficient (Wildman–Crippen LogP) is 1.54. The van der Waals surface area contributed by atoms with E-state index in [9.17, 15) is 10.2 Å². The van der Waals surface area contributed by atoms with Crippen LogP contribution in [0.25, 0.3) is 0 Å². The number of epoxide rings is 1. The minimum atomic E-state index is -0.314. The zero-order valence-corrected chi connectivity index (χ0v) is 18.5. The first-order chi connectivity index (χ1) is 14.0. The molecular formula is C22H38ClN3O3. The number of likely N-dealkylation sites (tertiary alicyclic amines) is 3. The molecule has 0 aromatic carbocycles. The largest absolute Gasteiger partial charge is 0.395 e. The number of hydrogen-bond acceptors (Lipinski definition) is 6. The molecule has 0 aromatic heterocycles. The van der Waals surface area contributed by atoms with Gasteiger partial charge in [0.05, 0.1) is 12.7 Å². The molecule has 29 heavy (non-hydrogen) atoms. The summed E-state index contributed by atoms with van der Waals surface area (Å²) in [5.41, 5.74) is 0. The first-order valence-corrected chi connectivity index (χ1v) is 12.3. The Kier molecular flexibility index (Phi) is 6.16. The minimum Gasteiger partial charge on any atom is -0.395 e. The van der Waals surface area contributed by atoms with Crippen molar-refractivity contribution in [3.05, 3.63) is 0 Å². The Balaban J connectivity index is 1.23. The molecule has 0 amide bonds. The van der Waals surface area contributed by atoms with Gasteiger partial charge in [0.15, 0.2) is 0 Å². The summed E-state index contributed by atoms with van der Waals surface area (Å²) in [6.45, 7) is 4.35. The smallest absolute Gasteiger partial charge is 0.138 e. The molecule has 0 radical (unpaired) electrons. The normalized spacial score (nSPS) is 49.4. The number of aliphatic hydroxyl groups is 2. The van der Waals surface area contributed by atoms with Gasteiger partial charge in [0.25, 0.3) is 0 Å². The van der Waals surface area contributed by atoms with Crippen LogP contribution in [-0.4, -0.2) is 101 Å². The summed E-state index contributed by atoms with van der Waals surface area (Å²) in [7, 11) is 2.22. The average molecular weight is 428 g/mol. The number of ether oxygens (including phenoxy) is 1. The lowest BCUT2D eigenvalue weighted by atomic mass is 9.73. The first kappa shape index (κ1) is 20.9. The third-order valence-electron chi connectivity index (χ3n) is 8.44. The molecule has 7 heteroatoms. The highest BCUT2D eigenvalue weighted by Gasteiger charge is 2.50. The molecular weight excluding hydrogens is 390 g/mol. The van der Waals surface area contributed by atoms with E-state index in [1.54, 1.807) is 0 Å². The van der Waals surface area contributed by atoms with Gasteiger partial charge in [-0.15, -0.1) is 11.6 Å². The third-order valence-corrected chi connectivity index (χ3v) is 8.84. The number of likely N-dealkylation sites (N-methyl/N-ethyl adjacent to an activating group) is 1. The Hall–Kier alpha value is 0.0500. The van der Waals surface area contributed by atoms with Crippen LogP contribution < -0.4 is 0 Å². The Morgan fingerprint density at radius 1 is 1.07 bits per heavy atom. The van der Waals surface area contributed by atoms with Crippen LogP contribution in [0.1, 0.15) is 44.9 Å². The van der Waals surface area contributed by atoms with E-state index < -0.39 is 0 Å². The van der Waals surface area contributed by atoms with E-state index in [4.69, 9.17) is 16.3 Å². The summed E-state index contributed by atoms with van der Waals surface area (Å²) in [6.07, 6.45) is 7.93. The van der Waals surface area contributed by atoms with Gasteiger partial charge < -0.3 is 19.8 Å². The molecule has 2 N–H and O–H groups in total. The van der Waals surface area contributed by atoms with Crippen molar-refractivity contribution >= 4 is 11.6 Å². The molecule has 5 aliphatic rings. The van der Waals surface area contributed by atoms with Crippen LogP contribution in [0.5, 0.6) is 0 Å². The van der Waals surface area contributed by atoms with Crippen molar-refractivity contribution in [2.45, 2.75) is 81.0 Å². The zero-order valence-electron chi connectivity index (χ0n) is 17.7. The molecule has 4 saturated heterocycles. The van der Waals surface area contributed by atoms with E-state index in [1.165, 1.54) is 6.42 Å². The van der Waals surface area contributed by atoms with Gasteiger partial charge in [-0.25, -0.2) is 0 Å². The summed E-state index contributed by atoms with van der Waals surface area (Å²) in [5, 5.41) is 21.4. The fourth-order valence-electron chi connectivity index (χ4n) is 6.94. The van der Waals surface area contributed by atoms with Crippen molar-refractivity contribution in [3.8, 4) is 0 Å². The Bertz CT molecular complexity index is 584. The maximum Gasteiger partial charge on any atom is 0.138 e. The molecule has 5 fully saturated rings. The lowest BCUT2D eigenvalue weighted by Crippen LogP contribution is -2.60. The molecule has 4 heterocycles. The molecule has 9 atom stereocenters. The quantitative estimate of drug-likeness (QED) is 0.524. The standard InChI is InChI=1S/C22H38ClN3O3/c1-24-10-14(11-26-17(13-27)3-5-20-22(26)29-20)8-18(12-24)25-7-6-15-9-16(23)2-4-19(15)21(25)28/h14-22,27-28H,2-13H2,1H3. The molecule has 1 aliphatic carbocycles. The maximum absolute atomic E-state index is 11.2. The van der Waals surface area contributed by atoms with Crippen LogP contribution in [0.4, 0.5) is 0 Å². The summed E-state index contributed by atoms with van der Waals surface area (Å²) >= 11 is 6.40. The van der Waals surface area contributed by atoms with Gasteiger partial charge in [0, 0.05) is 49.6 Å². The Morgan fingerprint density at radius 2 is 1.93 bits per heavy atom. The highest BCUT2D eigenvalue weighted by atomic mass is 35.5. The highest BCUT2D eigenvalue weighted by Crippen LogP contribution is 2.43. The summed E-state index contributed by atoms with van der Waals surface area (Å²) in [6, 6.07) is 0.660. The second-order valence-corrected chi connectivity index (χ2v) is 11.0. The number of rotatable bonds is 4. The van der Waals surface area contributed by atoms with Crippen LogP contribution in [0.2, 0.25) is 0 Å². The number of fused-ring (bicyclic) bond motifs is 2. The average Bonchev–Trinajstić information content (AvgIpc) is 3.48. The van der Waals surface area contributed by atoms with Crippen molar-refractivity contribution in [2.24, 2.45) is 17.8 Å². The van der Waals surface area contributed by atoms with Crippen molar-refractivity contribution in [1.82, 2.24) is 14.7 Å². The van der Waals surface area contributed by atoms with E-state index in [0.29, 0.717) is 35.3 Å². The van der Waals surface area contributed by atoms with Crippen LogP contribution in [0, 0.1) is 17.8 Å². The molecule has 0 aromatic rings. The second kappa shape index (κ2) is 8.53. The molecule has 5 rings (SSSR count). The van der Waals surface area contributed by atoms with Crippen LogP contribution in [0.3, 0.4) is 0 Å². The Morgan fingerprint density at radius 3 is 2.76 bits per heavy atom. The molecule has 1 saturated carbocycles. The number of piperidine rings is 3. The highest BCUT2D eigenvalue weighted by molar-refractivity contribution is 6.20. The molecule has 9 unspecified atom stereocenters. The number of aliphatic hydroxyl groups excluding tert-OH is 2. The summed E-state index contributed by atoms with van der Waals surface area (Å²) in [4.78, 5) is 7.28. The van der Waals surface area contributed by atoms with Crippen molar-refractivity contribution in [2.75, 3.05) is 39.8 Å². The van der Waals surface area contributed by atoms with E-state index in [1.807, 2.05) is 0 Å². The molecule has 166 valence electrons. The zero-order chi connectivity index (χ0) is 20.1. The van der Waals surface area contributed by atoms with E-state index in [2.05, 4.69) is 21.7 Å². The summed E-state index contributed by atoms with van der Waals surface area (Å²) < 4.78 is 5.86. The topological polar surface area (TPSA) is 62.7 Å². The first-order valence-electron chi connectivity index (χ1n) is 11.8. The lowest BCUT2D eigenvalue weighted by Gasteiger charge is -2.51. The second-order valence-electron chi connectivity index (χ2n) is 10.4. The van der Waals surface area contributed by atoms with Gasteiger partial charge in [0.2, 0.25) is 0 Å².